The topological polar surface area (TPSA) is 129 Å². The summed E-state index contributed by atoms with van der Waals surface area (Å²) in [6.45, 7) is 0.547. The molecule has 4 atom stereocenters. The van der Waals surface area contributed by atoms with Crippen LogP contribution in [-0.2, 0) is 25.0 Å². The SMILES string of the molecule is Cc1cn([C@@H]2O[C@](F)(COP3(=O)OCc4ccccc4O3)C[C@H]2O)c(=O)[nH]c1=O. The van der Waals surface area contributed by atoms with Gasteiger partial charge in [-0.15, -0.1) is 0 Å². The Morgan fingerprint density at radius 3 is 2.97 bits per heavy atom. The second kappa shape index (κ2) is 7.19. The van der Waals surface area contributed by atoms with E-state index in [1.807, 2.05) is 0 Å². The molecular weight excluding hydrogens is 410 g/mol. The number of para-hydroxylation sites is 1. The van der Waals surface area contributed by atoms with Crippen molar-refractivity contribution >= 4 is 7.82 Å². The lowest BCUT2D eigenvalue weighted by Gasteiger charge is -2.27. The molecule has 2 aliphatic heterocycles. The number of aryl methyl sites for hydroxylation is 1. The quantitative estimate of drug-likeness (QED) is 0.702. The fourth-order valence-electron chi connectivity index (χ4n) is 3.11. The first kappa shape index (κ1) is 20.0. The lowest BCUT2D eigenvalue weighted by Crippen LogP contribution is -2.37. The molecule has 0 aliphatic carbocycles. The standard InChI is InChI=1S/C17H18FN2O8P/c1-10-7-20(16(23)19-14(10)22)15-12(21)6-17(18,27-15)9-26-29(24)25-8-11-4-2-3-5-13(11)28-29/h2-5,7,12,15,21H,6,8-9H2,1H3,(H,19,22,23)/t12-,15-,17+,29?/m1/s1. The zero-order valence-electron chi connectivity index (χ0n) is 15.2. The number of aromatic amines is 1. The highest BCUT2D eigenvalue weighted by Gasteiger charge is 2.50. The molecular formula is C17H18FN2O8P. The van der Waals surface area contributed by atoms with Gasteiger partial charge in [0, 0.05) is 23.7 Å². The summed E-state index contributed by atoms with van der Waals surface area (Å²) in [4.78, 5) is 25.5. The van der Waals surface area contributed by atoms with E-state index in [0.29, 0.717) is 11.3 Å². The molecule has 2 aliphatic rings. The third kappa shape index (κ3) is 3.92. The van der Waals surface area contributed by atoms with E-state index < -0.39 is 50.3 Å². The molecule has 1 aromatic carbocycles. The molecule has 0 saturated carbocycles. The van der Waals surface area contributed by atoms with Crippen molar-refractivity contribution in [3.63, 3.8) is 0 Å². The molecule has 10 nitrogen and oxygen atoms in total. The third-order valence-electron chi connectivity index (χ3n) is 4.59. The monoisotopic (exact) mass is 428 g/mol. The molecule has 29 heavy (non-hydrogen) atoms. The number of rotatable bonds is 4. The predicted octanol–water partition coefficient (Wildman–Crippen LogP) is 1.52. The van der Waals surface area contributed by atoms with Crippen LogP contribution in [0.2, 0.25) is 0 Å². The van der Waals surface area contributed by atoms with Crippen molar-refractivity contribution in [3.05, 3.63) is 62.4 Å². The van der Waals surface area contributed by atoms with Crippen LogP contribution in [0, 0.1) is 6.92 Å². The Labute approximate surface area is 163 Å². The summed E-state index contributed by atoms with van der Waals surface area (Å²) in [5, 5.41) is 10.2. The van der Waals surface area contributed by atoms with Crippen molar-refractivity contribution in [1.82, 2.24) is 9.55 Å². The average Bonchev–Trinajstić information content (AvgIpc) is 2.98. The van der Waals surface area contributed by atoms with Gasteiger partial charge in [0.25, 0.3) is 5.56 Å². The van der Waals surface area contributed by atoms with Crippen LogP contribution in [0.4, 0.5) is 4.39 Å². The smallest absolute Gasteiger partial charge is 0.404 e. The highest BCUT2D eigenvalue weighted by molar-refractivity contribution is 7.49. The number of nitrogens with zero attached hydrogens (tertiary/aromatic N) is 1. The number of H-pyrrole nitrogens is 1. The molecule has 0 radical (unpaired) electrons. The first-order valence-corrected chi connectivity index (χ1v) is 10.2. The summed E-state index contributed by atoms with van der Waals surface area (Å²) in [5.41, 5.74) is -0.616. The van der Waals surface area contributed by atoms with Crippen molar-refractivity contribution in [2.45, 2.75) is 38.1 Å². The molecule has 1 unspecified atom stereocenters. The second-order valence-corrected chi connectivity index (χ2v) is 8.43. The summed E-state index contributed by atoms with van der Waals surface area (Å²) in [7, 11) is -4.09. The molecule has 2 N–H and O–H groups in total. The molecule has 4 rings (SSSR count). The minimum atomic E-state index is -4.09. The minimum Gasteiger partial charge on any atom is -0.404 e. The van der Waals surface area contributed by atoms with E-state index in [1.54, 1.807) is 24.3 Å². The third-order valence-corrected chi connectivity index (χ3v) is 5.91. The summed E-state index contributed by atoms with van der Waals surface area (Å²) < 4.78 is 49.2. The Bertz CT molecular complexity index is 1100. The van der Waals surface area contributed by atoms with Crippen molar-refractivity contribution in [2.24, 2.45) is 0 Å². The molecule has 1 aromatic heterocycles. The van der Waals surface area contributed by atoms with Gasteiger partial charge in [-0.2, -0.15) is 0 Å². The number of halogens is 1. The Morgan fingerprint density at radius 1 is 1.41 bits per heavy atom. The number of aromatic nitrogens is 2. The predicted molar refractivity (Wildman–Crippen MR) is 96.1 cm³/mol. The highest BCUT2D eigenvalue weighted by Crippen LogP contribution is 2.55. The van der Waals surface area contributed by atoms with Crippen LogP contribution < -0.4 is 15.8 Å². The molecule has 3 heterocycles. The van der Waals surface area contributed by atoms with Crippen molar-refractivity contribution < 1.29 is 32.4 Å². The molecule has 0 bridgehead atoms. The van der Waals surface area contributed by atoms with E-state index in [-0.39, 0.29) is 12.2 Å². The first-order valence-electron chi connectivity index (χ1n) is 8.72. The van der Waals surface area contributed by atoms with Crippen LogP contribution in [0.15, 0.2) is 40.1 Å². The van der Waals surface area contributed by atoms with Gasteiger partial charge in [-0.3, -0.25) is 23.4 Å². The number of ether oxygens (including phenoxy) is 1. The van der Waals surface area contributed by atoms with Gasteiger partial charge in [-0.1, -0.05) is 18.2 Å². The molecule has 2 aromatic rings. The Kier molecular flexibility index (Phi) is 4.96. The van der Waals surface area contributed by atoms with Crippen LogP contribution in [0.1, 0.15) is 23.8 Å². The molecule has 1 fully saturated rings. The Hall–Kier alpha value is -2.30. The van der Waals surface area contributed by atoms with E-state index in [2.05, 4.69) is 4.98 Å². The minimum absolute atomic E-state index is 0.0368. The highest BCUT2D eigenvalue weighted by atomic mass is 31.2. The van der Waals surface area contributed by atoms with Gasteiger partial charge >= 0.3 is 13.5 Å². The number of nitrogens with one attached hydrogen (secondary N) is 1. The van der Waals surface area contributed by atoms with Gasteiger partial charge in [0.15, 0.2) is 6.23 Å². The molecule has 1 saturated heterocycles. The van der Waals surface area contributed by atoms with E-state index >= 15 is 4.39 Å². The second-order valence-electron chi connectivity index (χ2n) is 6.83. The molecule has 12 heteroatoms. The number of hydrogen-bond acceptors (Lipinski definition) is 8. The van der Waals surface area contributed by atoms with Gasteiger partial charge in [0.05, 0.1) is 6.61 Å². The van der Waals surface area contributed by atoms with Gasteiger partial charge in [-0.05, 0) is 13.0 Å². The number of aliphatic hydroxyl groups is 1. The number of fused-ring (bicyclic) bond motifs is 1. The van der Waals surface area contributed by atoms with Gasteiger partial charge < -0.3 is 14.4 Å². The van der Waals surface area contributed by atoms with E-state index in [4.69, 9.17) is 18.3 Å². The van der Waals surface area contributed by atoms with Crippen molar-refractivity contribution in [1.29, 1.82) is 0 Å². The van der Waals surface area contributed by atoms with Crippen LogP contribution in [0.3, 0.4) is 0 Å². The van der Waals surface area contributed by atoms with E-state index in [0.717, 1.165) is 10.8 Å². The van der Waals surface area contributed by atoms with Gasteiger partial charge in [-0.25, -0.2) is 13.8 Å². The summed E-state index contributed by atoms with van der Waals surface area (Å²) in [6.07, 6.45) is -2.21. The maximum Gasteiger partial charge on any atom is 0.530 e. The zero-order chi connectivity index (χ0) is 20.8. The van der Waals surface area contributed by atoms with E-state index in [1.165, 1.54) is 6.92 Å². The summed E-state index contributed by atoms with van der Waals surface area (Å²) >= 11 is 0. The lowest BCUT2D eigenvalue weighted by molar-refractivity contribution is -0.179. The largest absolute Gasteiger partial charge is 0.530 e. The number of phosphoric ester groups is 1. The average molecular weight is 428 g/mol. The lowest BCUT2D eigenvalue weighted by atomic mass is 10.2. The maximum absolute atomic E-state index is 15.1. The zero-order valence-corrected chi connectivity index (χ0v) is 16.1. The fraction of sp³-hybridized carbons (Fsp3) is 0.412. The summed E-state index contributed by atoms with van der Waals surface area (Å²) in [6, 6.07) is 6.74. The number of aliphatic hydroxyl groups excluding tert-OH is 1. The Morgan fingerprint density at radius 2 is 2.17 bits per heavy atom. The molecule has 0 amide bonds. The van der Waals surface area contributed by atoms with Crippen LogP contribution in [0.25, 0.3) is 0 Å². The van der Waals surface area contributed by atoms with Crippen LogP contribution in [-0.4, -0.2) is 33.2 Å². The van der Waals surface area contributed by atoms with Crippen LogP contribution >= 0.6 is 7.82 Å². The number of phosphoric acid groups is 1. The van der Waals surface area contributed by atoms with Gasteiger partial charge in [0.2, 0.25) is 5.85 Å². The van der Waals surface area contributed by atoms with Gasteiger partial charge in [0.1, 0.15) is 18.5 Å². The number of hydrogen-bond donors (Lipinski definition) is 2. The van der Waals surface area contributed by atoms with Crippen molar-refractivity contribution in [3.8, 4) is 5.75 Å². The Balaban J connectivity index is 1.48. The number of benzene rings is 1. The number of alkyl halides is 1. The summed E-state index contributed by atoms with van der Waals surface area (Å²) in [5.74, 6) is -2.26. The van der Waals surface area contributed by atoms with Crippen molar-refractivity contribution in [2.75, 3.05) is 6.61 Å². The maximum atomic E-state index is 15.1. The molecule has 156 valence electrons. The fourth-order valence-corrected chi connectivity index (χ4v) is 4.36. The first-order chi connectivity index (χ1) is 13.7. The van der Waals surface area contributed by atoms with Crippen LogP contribution in [0.5, 0.6) is 5.75 Å². The van der Waals surface area contributed by atoms with E-state index in [9.17, 15) is 19.3 Å². The normalized spacial score (nSPS) is 31.3. The molecule has 0 spiro atoms.